The summed E-state index contributed by atoms with van der Waals surface area (Å²) in [5.41, 5.74) is 1.22. The minimum atomic E-state index is -0.774. The van der Waals surface area contributed by atoms with E-state index in [4.69, 9.17) is 14.2 Å². The number of esters is 1. The van der Waals surface area contributed by atoms with Gasteiger partial charge < -0.3 is 19.3 Å². The zero-order chi connectivity index (χ0) is 20.4. The Morgan fingerprint density at radius 1 is 1.11 bits per heavy atom. The van der Waals surface area contributed by atoms with Gasteiger partial charge in [-0.25, -0.2) is 4.79 Å². The number of methoxy groups -OCH3 is 1. The number of phenolic OH excluding ortho intramolecular Hbond substituents is 1. The van der Waals surface area contributed by atoms with Gasteiger partial charge in [0.25, 0.3) is 0 Å². The number of anilines is 1. The molecule has 1 amide bonds. The Morgan fingerprint density at radius 2 is 1.79 bits per heavy atom. The molecular formula is C20H23NO6S. The number of thiol groups is 1. The minimum Gasteiger partial charge on any atom is -0.508 e. The Kier molecular flexibility index (Phi) is 8.64. The molecule has 2 aromatic rings. The number of aromatic hydroxyl groups is 1. The Labute approximate surface area is 169 Å². The number of phenols is 1. The van der Waals surface area contributed by atoms with E-state index in [0.29, 0.717) is 17.7 Å². The highest BCUT2D eigenvalue weighted by atomic mass is 32.1. The predicted molar refractivity (Wildman–Crippen MR) is 108 cm³/mol. The van der Waals surface area contributed by atoms with Crippen molar-refractivity contribution in [1.29, 1.82) is 0 Å². The molecule has 0 aliphatic carbocycles. The number of carbonyl (C=O) groups is 2. The van der Waals surface area contributed by atoms with Gasteiger partial charge >= 0.3 is 12.1 Å². The van der Waals surface area contributed by atoms with Crippen molar-refractivity contribution < 1.29 is 28.9 Å². The molecule has 2 atom stereocenters. The van der Waals surface area contributed by atoms with E-state index in [1.165, 1.54) is 19.2 Å². The van der Waals surface area contributed by atoms with Gasteiger partial charge in [0.05, 0.1) is 12.4 Å². The number of ether oxygens (including phenoxy) is 3. The zero-order valence-corrected chi connectivity index (χ0v) is 16.3. The van der Waals surface area contributed by atoms with Gasteiger partial charge in [0.1, 0.15) is 11.9 Å². The number of benzene rings is 2. The molecule has 150 valence electrons. The van der Waals surface area contributed by atoms with Gasteiger partial charge in [0.2, 0.25) is 0 Å². The van der Waals surface area contributed by atoms with E-state index in [1.807, 2.05) is 6.07 Å². The second kappa shape index (κ2) is 11.2. The normalized spacial score (nSPS) is 12.6. The summed E-state index contributed by atoms with van der Waals surface area (Å²) in [6.07, 6.45) is -1.69. The van der Waals surface area contributed by atoms with E-state index in [2.05, 4.69) is 17.9 Å². The van der Waals surface area contributed by atoms with Crippen LogP contribution in [-0.4, -0.2) is 42.7 Å². The first-order chi connectivity index (χ1) is 13.5. The monoisotopic (exact) mass is 405 g/mol. The summed E-state index contributed by atoms with van der Waals surface area (Å²) in [6, 6.07) is 15.2. The first kappa shape index (κ1) is 21.6. The molecule has 0 saturated carbocycles. The van der Waals surface area contributed by atoms with E-state index < -0.39 is 24.3 Å². The Balaban J connectivity index is 2.12. The molecule has 2 aromatic carbocycles. The maximum atomic E-state index is 12.4. The van der Waals surface area contributed by atoms with Crippen molar-refractivity contribution in [3.05, 3.63) is 60.2 Å². The summed E-state index contributed by atoms with van der Waals surface area (Å²) < 4.78 is 16.1. The molecule has 2 N–H and O–H groups in total. The number of hydrogen-bond acceptors (Lipinski definition) is 7. The molecule has 0 aromatic heterocycles. The highest BCUT2D eigenvalue weighted by Crippen LogP contribution is 2.27. The first-order valence-corrected chi connectivity index (χ1v) is 9.27. The third kappa shape index (κ3) is 6.79. The van der Waals surface area contributed by atoms with Crippen molar-refractivity contribution in [2.24, 2.45) is 0 Å². The maximum absolute atomic E-state index is 12.4. The number of rotatable bonds is 9. The molecule has 0 saturated heterocycles. The average Bonchev–Trinajstić information content (AvgIpc) is 2.71. The largest absolute Gasteiger partial charge is 0.508 e. The maximum Gasteiger partial charge on any atom is 0.412 e. The summed E-state index contributed by atoms with van der Waals surface area (Å²) in [7, 11) is 1.48. The Hall–Kier alpha value is -2.71. The van der Waals surface area contributed by atoms with Crippen molar-refractivity contribution in [2.75, 3.05) is 24.8 Å². The fourth-order valence-corrected chi connectivity index (χ4v) is 2.63. The lowest BCUT2D eigenvalue weighted by atomic mass is 10.0. The van der Waals surface area contributed by atoms with Crippen LogP contribution in [-0.2, 0) is 19.0 Å². The van der Waals surface area contributed by atoms with Crippen LogP contribution in [0, 0.1) is 0 Å². The zero-order valence-electron chi connectivity index (χ0n) is 15.4. The van der Waals surface area contributed by atoms with E-state index in [0.717, 1.165) is 0 Å². The van der Waals surface area contributed by atoms with Crippen molar-refractivity contribution in [2.45, 2.75) is 18.6 Å². The Morgan fingerprint density at radius 3 is 2.39 bits per heavy atom. The molecule has 0 fully saturated rings. The molecular weight excluding hydrogens is 382 g/mol. The van der Waals surface area contributed by atoms with Crippen LogP contribution >= 0.6 is 12.6 Å². The van der Waals surface area contributed by atoms with E-state index >= 15 is 0 Å². The summed E-state index contributed by atoms with van der Waals surface area (Å²) in [5.74, 6) is -0.371. The van der Waals surface area contributed by atoms with E-state index in [9.17, 15) is 14.7 Å². The van der Waals surface area contributed by atoms with Crippen LogP contribution in [0.1, 0.15) is 18.1 Å². The van der Waals surface area contributed by atoms with Crippen LogP contribution in [0.4, 0.5) is 10.5 Å². The molecule has 28 heavy (non-hydrogen) atoms. The third-order valence-corrected chi connectivity index (χ3v) is 4.17. The lowest BCUT2D eigenvalue weighted by molar-refractivity contribution is -0.141. The standard InChI is InChI=1S/C20H23NO6S/c1-25-17(11-12-26-18(23)13-28)19(14-7-9-16(22)10-8-14)27-20(24)21-15-5-3-2-4-6-15/h2-10,17,19,22,28H,11-13H2,1H3,(H,21,24)/t17-,19-/m0/s1. The third-order valence-electron chi connectivity index (χ3n) is 3.91. The van der Waals surface area contributed by atoms with Crippen molar-refractivity contribution in [3.63, 3.8) is 0 Å². The first-order valence-electron chi connectivity index (χ1n) is 8.64. The quantitative estimate of drug-likeness (QED) is 0.436. The highest BCUT2D eigenvalue weighted by molar-refractivity contribution is 7.81. The molecule has 0 bridgehead atoms. The number of hydrogen-bond donors (Lipinski definition) is 3. The van der Waals surface area contributed by atoms with Crippen molar-refractivity contribution >= 4 is 30.4 Å². The van der Waals surface area contributed by atoms with Crippen molar-refractivity contribution in [1.82, 2.24) is 0 Å². The van der Waals surface area contributed by atoms with E-state index in [1.54, 1.807) is 36.4 Å². The lowest BCUT2D eigenvalue weighted by Gasteiger charge is -2.26. The molecule has 2 rings (SSSR count). The molecule has 0 unspecified atom stereocenters. The molecule has 0 aliphatic rings. The molecule has 0 aliphatic heterocycles. The fraction of sp³-hybridized carbons (Fsp3) is 0.300. The van der Waals surface area contributed by atoms with Gasteiger partial charge in [-0.15, -0.1) is 0 Å². The summed E-state index contributed by atoms with van der Waals surface area (Å²) >= 11 is 3.86. The second-order valence-electron chi connectivity index (χ2n) is 5.85. The lowest BCUT2D eigenvalue weighted by Crippen LogP contribution is -2.29. The molecule has 8 heteroatoms. The summed E-state index contributed by atoms with van der Waals surface area (Å²) in [4.78, 5) is 23.7. The van der Waals surface area contributed by atoms with Gasteiger partial charge in [-0.2, -0.15) is 12.6 Å². The van der Waals surface area contributed by atoms with Crippen LogP contribution in [0.3, 0.4) is 0 Å². The van der Waals surface area contributed by atoms with Crippen molar-refractivity contribution in [3.8, 4) is 5.75 Å². The van der Waals surface area contributed by atoms with Crippen LogP contribution in [0.25, 0.3) is 0 Å². The van der Waals surface area contributed by atoms with Gasteiger partial charge in [0.15, 0.2) is 6.10 Å². The SMILES string of the molecule is CO[C@@H](CCOC(=O)CS)[C@@H](OC(=O)Nc1ccccc1)c1ccc(O)cc1. The molecule has 7 nitrogen and oxygen atoms in total. The van der Waals surface area contributed by atoms with Gasteiger partial charge in [-0.3, -0.25) is 10.1 Å². The fourth-order valence-electron chi connectivity index (χ4n) is 2.53. The number of carbonyl (C=O) groups excluding carboxylic acids is 2. The Bertz CT molecular complexity index is 753. The molecule has 0 heterocycles. The number of nitrogens with one attached hydrogen (secondary N) is 1. The predicted octanol–water partition coefficient (Wildman–Crippen LogP) is 3.56. The smallest absolute Gasteiger partial charge is 0.412 e. The molecule has 0 spiro atoms. The van der Waals surface area contributed by atoms with E-state index in [-0.39, 0.29) is 18.1 Å². The van der Waals surface area contributed by atoms with Crippen LogP contribution in [0.5, 0.6) is 5.75 Å². The second-order valence-corrected chi connectivity index (χ2v) is 6.17. The highest BCUT2D eigenvalue weighted by Gasteiger charge is 2.27. The van der Waals surface area contributed by atoms with Gasteiger partial charge in [-0.1, -0.05) is 30.3 Å². The topological polar surface area (TPSA) is 94.1 Å². The van der Waals surface area contributed by atoms with Crippen LogP contribution in [0.2, 0.25) is 0 Å². The van der Waals surface area contributed by atoms with Gasteiger partial charge in [0, 0.05) is 19.2 Å². The minimum absolute atomic E-state index is 0.0188. The molecule has 0 radical (unpaired) electrons. The number of amides is 1. The van der Waals surface area contributed by atoms with Crippen LogP contribution < -0.4 is 5.32 Å². The number of para-hydroxylation sites is 1. The van der Waals surface area contributed by atoms with Gasteiger partial charge in [-0.05, 0) is 29.8 Å². The van der Waals surface area contributed by atoms with Crippen LogP contribution in [0.15, 0.2) is 54.6 Å². The summed E-state index contributed by atoms with van der Waals surface area (Å²) in [5, 5.41) is 12.2. The summed E-state index contributed by atoms with van der Waals surface area (Å²) in [6.45, 7) is 0.0934. The average molecular weight is 405 g/mol.